The average molecular weight is 384 g/mol. The molecule has 3 rings (SSSR count). The van der Waals surface area contributed by atoms with E-state index in [4.69, 9.17) is 0 Å². The smallest absolute Gasteiger partial charge is 0.221 e. The van der Waals surface area contributed by atoms with Crippen LogP contribution in [0.25, 0.3) is 0 Å². The highest BCUT2D eigenvalue weighted by Crippen LogP contribution is 2.37. The summed E-state index contributed by atoms with van der Waals surface area (Å²) in [7, 11) is 0. The Labute approximate surface area is 170 Å². The summed E-state index contributed by atoms with van der Waals surface area (Å²) in [5, 5.41) is 14.5. The maximum atomic E-state index is 12.8. The van der Waals surface area contributed by atoms with E-state index < -0.39 is 5.60 Å². The van der Waals surface area contributed by atoms with Crippen LogP contribution in [-0.4, -0.2) is 16.6 Å². The van der Waals surface area contributed by atoms with Gasteiger partial charge in [-0.2, -0.15) is 0 Å². The zero-order valence-corrected chi connectivity index (χ0v) is 17.4. The Bertz CT molecular complexity index is 627. The highest BCUT2D eigenvalue weighted by Gasteiger charge is 2.37. The molecule has 2 saturated carbocycles. The molecule has 2 fully saturated rings. The third kappa shape index (κ3) is 5.94. The van der Waals surface area contributed by atoms with E-state index in [0.29, 0.717) is 12.3 Å². The van der Waals surface area contributed by atoms with Crippen molar-refractivity contribution in [3.63, 3.8) is 0 Å². The molecule has 0 radical (unpaired) electrons. The Morgan fingerprint density at radius 3 is 2.43 bits per heavy atom. The van der Waals surface area contributed by atoms with Crippen LogP contribution in [0.3, 0.4) is 0 Å². The van der Waals surface area contributed by atoms with E-state index in [9.17, 15) is 9.90 Å². The van der Waals surface area contributed by atoms with E-state index in [0.717, 1.165) is 31.2 Å². The van der Waals surface area contributed by atoms with Crippen LogP contribution in [0.1, 0.15) is 89.2 Å². The minimum Gasteiger partial charge on any atom is -0.389 e. The molecule has 3 nitrogen and oxygen atoms in total. The standard InChI is InChI=1S/C25H37NO2/c1-20(22-13-7-3-8-14-22)26-24(27)19-23(25(28)17-9-4-10-18-25)16-15-21-11-5-2-6-12-21/h3,7-8,13-16,20-21,23,28H,2,4-6,9-12,17-19H2,1H3,(H,26,27)/b16-15+/t20-,23+/m0/s1. The Balaban J connectivity index is 1.65. The first-order valence-electron chi connectivity index (χ1n) is 11.3. The van der Waals surface area contributed by atoms with Crippen LogP contribution >= 0.6 is 0 Å². The molecule has 1 amide bonds. The maximum absolute atomic E-state index is 12.8. The lowest BCUT2D eigenvalue weighted by Gasteiger charge is -2.38. The summed E-state index contributed by atoms with van der Waals surface area (Å²) in [6, 6.07) is 10.1. The van der Waals surface area contributed by atoms with Crippen LogP contribution in [0.5, 0.6) is 0 Å². The summed E-state index contributed by atoms with van der Waals surface area (Å²) in [4.78, 5) is 12.8. The monoisotopic (exact) mass is 383 g/mol. The van der Waals surface area contributed by atoms with Crippen molar-refractivity contribution in [2.75, 3.05) is 0 Å². The van der Waals surface area contributed by atoms with Crippen molar-refractivity contribution in [3.05, 3.63) is 48.0 Å². The fraction of sp³-hybridized carbons (Fsp3) is 0.640. The number of amides is 1. The largest absolute Gasteiger partial charge is 0.389 e. The van der Waals surface area contributed by atoms with Crippen molar-refractivity contribution < 1.29 is 9.90 Å². The molecule has 154 valence electrons. The van der Waals surface area contributed by atoms with Crippen molar-refractivity contribution >= 4 is 5.91 Å². The van der Waals surface area contributed by atoms with Crippen molar-refractivity contribution in [1.82, 2.24) is 5.32 Å². The molecule has 2 atom stereocenters. The molecule has 0 heterocycles. The van der Waals surface area contributed by atoms with Crippen LogP contribution in [-0.2, 0) is 4.79 Å². The first-order chi connectivity index (χ1) is 13.6. The average Bonchev–Trinajstić information content (AvgIpc) is 2.73. The van der Waals surface area contributed by atoms with Crippen molar-refractivity contribution in [1.29, 1.82) is 0 Å². The molecule has 0 saturated heterocycles. The van der Waals surface area contributed by atoms with E-state index in [-0.39, 0.29) is 17.9 Å². The molecule has 1 aromatic carbocycles. The van der Waals surface area contributed by atoms with Crippen LogP contribution in [0.15, 0.2) is 42.5 Å². The van der Waals surface area contributed by atoms with Gasteiger partial charge in [0.15, 0.2) is 0 Å². The number of carbonyl (C=O) groups is 1. The van der Waals surface area contributed by atoms with Crippen LogP contribution in [0.2, 0.25) is 0 Å². The number of benzene rings is 1. The van der Waals surface area contributed by atoms with Gasteiger partial charge in [0.2, 0.25) is 5.91 Å². The SMILES string of the molecule is C[C@H](NC(=O)C[C@@H](/C=C/C1CCCCC1)C1(O)CCCCC1)c1ccccc1. The molecule has 0 bridgehead atoms. The third-order valence-corrected chi connectivity index (χ3v) is 6.76. The fourth-order valence-electron chi connectivity index (χ4n) is 4.92. The van der Waals surface area contributed by atoms with Gasteiger partial charge >= 0.3 is 0 Å². The van der Waals surface area contributed by atoms with Gasteiger partial charge in [-0.1, -0.05) is 81.0 Å². The lowest BCUT2D eigenvalue weighted by molar-refractivity contribution is -0.125. The molecule has 2 aliphatic carbocycles. The topological polar surface area (TPSA) is 49.3 Å². The van der Waals surface area contributed by atoms with Gasteiger partial charge in [-0.3, -0.25) is 4.79 Å². The van der Waals surface area contributed by atoms with E-state index in [1.807, 2.05) is 37.3 Å². The van der Waals surface area contributed by atoms with Crippen molar-refractivity contribution in [2.24, 2.45) is 11.8 Å². The van der Waals surface area contributed by atoms with Crippen LogP contribution in [0.4, 0.5) is 0 Å². The molecule has 28 heavy (non-hydrogen) atoms. The highest BCUT2D eigenvalue weighted by atomic mass is 16.3. The number of hydrogen-bond acceptors (Lipinski definition) is 2. The summed E-state index contributed by atoms with van der Waals surface area (Å²) in [5.41, 5.74) is 0.387. The first-order valence-corrected chi connectivity index (χ1v) is 11.3. The Kier molecular flexibility index (Phi) is 7.73. The lowest BCUT2D eigenvalue weighted by Crippen LogP contribution is -2.42. The summed E-state index contributed by atoms with van der Waals surface area (Å²) in [5.74, 6) is 0.570. The molecule has 2 aliphatic rings. The van der Waals surface area contributed by atoms with E-state index in [2.05, 4.69) is 17.5 Å². The fourth-order valence-corrected chi connectivity index (χ4v) is 4.92. The second-order valence-corrected chi connectivity index (χ2v) is 8.96. The normalized spacial score (nSPS) is 22.6. The second-order valence-electron chi connectivity index (χ2n) is 8.96. The van der Waals surface area contributed by atoms with Crippen molar-refractivity contribution in [3.8, 4) is 0 Å². The summed E-state index contributed by atoms with van der Waals surface area (Å²) in [6.07, 6.45) is 16.3. The Hall–Kier alpha value is -1.61. The number of rotatable bonds is 7. The predicted octanol–water partition coefficient (Wildman–Crippen LogP) is 5.70. The minimum atomic E-state index is -0.725. The lowest BCUT2D eigenvalue weighted by atomic mass is 9.73. The zero-order valence-electron chi connectivity index (χ0n) is 17.4. The van der Waals surface area contributed by atoms with Gasteiger partial charge in [-0.05, 0) is 44.1 Å². The van der Waals surface area contributed by atoms with Gasteiger partial charge in [0, 0.05) is 12.3 Å². The van der Waals surface area contributed by atoms with E-state index >= 15 is 0 Å². The molecule has 0 unspecified atom stereocenters. The van der Waals surface area contributed by atoms with Gasteiger partial charge < -0.3 is 10.4 Å². The minimum absolute atomic E-state index is 0.0160. The first kappa shape index (κ1) is 21.1. The predicted molar refractivity (Wildman–Crippen MR) is 115 cm³/mol. The number of carbonyl (C=O) groups excluding carboxylic acids is 1. The van der Waals surface area contributed by atoms with Crippen LogP contribution < -0.4 is 5.32 Å². The van der Waals surface area contributed by atoms with Crippen molar-refractivity contribution in [2.45, 2.75) is 89.2 Å². The molecular weight excluding hydrogens is 346 g/mol. The van der Waals surface area contributed by atoms with E-state index in [1.54, 1.807) is 0 Å². The van der Waals surface area contributed by atoms with Gasteiger partial charge in [0.25, 0.3) is 0 Å². The van der Waals surface area contributed by atoms with Gasteiger partial charge in [-0.15, -0.1) is 0 Å². The molecular formula is C25H37NO2. The number of aliphatic hydroxyl groups is 1. The zero-order chi connectivity index (χ0) is 19.8. The molecule has 0 aliphatic heterocycles. The maximum Gasteiger partial charge on any atom is 0.221 e. The second kappa shape index (κ2) is 10.2. The van der Waals surface area contributed by atoms with Gasteiger partial charge in [0.05, 0.1) is 11.6 Å². The molecule has 0 aromatic heterocycles. The third-order valence-electron chi connectivity index (χ3n) is 6.76. The van der Waals surface area contributed by atoms with Gasteiger partial charge in [0.1, 0.15) is 0 Å². The Morgan fingerprint density at radius 1 is 1.11 bits per heavy atom. The van der Waals surface area contributed by atoms with Crippen LogP contribution in [0, 0.1) is 11.8 Å². The summed E-state index contributed by atoms with van der Waals surface area (Å²) in [6.45, 7) is 2.02. The molecule has 2 N–H and O–H groups in total. The number of allylic oxidation sites excluding steroid dienone is 1. The highest BCUT2D eigenvalue weighted by molar-refractivity contribution is 5.77. The number of hydrogen-bond donors (Lipinski definition) is 2. The molecule has 3 heteroatoms. The Morgan fingerprint density at radius 2 is 1.75 bits per heavy atom. The summed E-state index contributed by atoms with van der Waals surface area (Å²) >= 11 is 0. The van der Waals surface area contributed by atoms with E-state index in [1.165, 1.54) is 38.5 Å². The quantitative estimate of drug-likeness (QED) is 0.593. The molecule has 1 aromatic rings. The number of nitrogens with one attached hydrogen (secondary N) is 1. The molecule has 0 spiro atoms. The summed E-state index contributed by atoms with van der Waals surface area (Å²) < 4.78 is 0. The van der Waals surface area contributed by atoms with Gasteiger partial charge in [-0.25, -0.2) is 0 Å².